The van der Waals surface area contributed by atoms with Gasteiger partial charge in [-0.2, -0.15) is 5.10 Å². The third-order valence-electron chi connectivity index (χ3n) is 5.01. The number of carbonyl (C=O) groups is 1. The van der Waals surface area contributed by atoms with E-state index in [4.69, 9.17) is 30.5 Å². The van der Waals surface area contributed by atoms with Crippen LogP contribution in [0.15, 0.2) is 64.2 Å². The van der Waals surface area contributed by atoms with Crippen molar-refractivity contribution in [3.8, 4) is 23.0 Å². The molecule has 196 valence electrons. The molecule has 3 aromatic rings. The van der Waals surface area contributed by atoms with Crippen molar-refractivity contribution in [2.45, 2.75) is 33.8 Å². The van der Waals surface area contributed by atoms with Crippen LogP contribution >= 0.6 is 27.5 Å². The summed E-state index contributed by atoms with van der Waals surface area (Å²) in [7, 11) is 0. The first-order valence-electron chi connectivity index (χ1n) is 12.0. The highest BCUT2D eigenvalue weighted by Crippen LogP contribution is 2.37. The summed E-state index contributed by atoms with van der Waals surface area (Å²) in [6.45, 7) is 7.56. The number of hydrogen-bond donors (Lipinski definition) is 1. The molecule has 0 saturated carbocycles. The summed E-state index contributed by atoms with van der Waals surface area (Å²) in [6, 6.07) is 16.2. The molecular formula is C28H30BrClN2O5. The first kappa shape index (κ1) is 28.3. The fourth-order valence-corrected chi connectivity index (χ4v) is 4.07. The van der Waals surface area contributed by atoms with Gasteiger partial charge >= 0.3 is 0 Å². The largest absolute Gasteiger partial charge is 0.490 e. The number of hydrogen-bond acceptors (Lipinski definition) is 6. The molecule has 3 aromatic carbocycles. The van der Waals surface area contributed by atoms with Crippen LogP contribution in [-0.2, 0) is 6.61 Å². The number of halogens is 2. The fraction of sp³-hybridized carbons (Fsp3) is 0.286. The maximum atomic E-state index is 12.7. The molecule has 0 spiro atoms. The van der Waals surface area contributed by atoms with Gasteiger partial charge in [0.05, 0.1) is 30.5 Å². The standard InChI is InChI=1S/C28H30BrClN2O5/c1-4-13-36-24-12-11-20(16-25(24)34-5-2)28(33)32-31-17-19-14-22(29)27(26(15-19)35-6-3)37-18-21-9-7-8-10-23(21)30/h7-12,14-17H,4-6,13,18H2,1-3H3,(H,32,33)/b31-17+. The minimum absolute atomic E-state index is 0.286. The second kappa shape index (κ2) is 14.5. The van der Waals surface area contributed by atoms with Gasteiger partial charge in [0.1, 0.15) is 6.61 Å². The van der Waals surface area contributed by atoms with Crippen molar-refractivity contribution >= 4 is 39.7 Å². The summed E-state index contributed by atoms with van der Waals surface area (Å²) in [5.41, 5.74) is 4.53. The molecule has 7 nitrogen and oxygen atoms in total. The summed E-state index contributed by atoms with van der Waals surface area (Å²) in [5.74, 6) is 1.85. The van der Waals surface area contributed by atoms with Crippen LogP contribution in [0, 0.1) is 0 Å². The van der Waals surface area contributed by atoms with Gasteiger partial charge in [-0.1, -0.05) is 36.7 Å². The lowest BCUT2D eigenvalue weighted by atomic mass is 10.2. The number of rotatable bonds is 13. The Kier molecular flexibility index (Phi) is 11.1. The fourth-order valence-electron chi connectivity index (χ4n) is 3.31. The van der Waals surface area contributed by atoms with Crippen molar-refractivity contribution in [1.29, 1.82) is 0 Å². The lowest BCUT2D eigenvalue weighted by Crippen LogP contribution is -2.17. The number of ether oxygens (including phenoxy) is 4. The maximum Gasteiger partial charge on any atom is 0.271 e. The van der Waals surface area contributed by atoms with Crippen molar-refractivity contribution in [2.24, 2.45) is 5.10 Å². The third-order valence-corrected chi connectivity index (χ3v) is 5.97. The van der Waals surface area contributed by atoms with Gasteiger partial charge in [0.2, 0.25) is 0 Å². The molecule has 9 heteroatoms. The van der Waals surface area contributed by atoms with Gasteiger partial charge in [0.25, 0.3) is 5.91 Å². The summed E-state index contributed by atoms with van der Waals surface area (Å²) < 4.78 is 23.8. The number of nitrogens with one attached hydrogen (secondary N) is 1. The Balaban J connectivity index is 1.71. The molecule has 1 N–H and O–H groups in total. The Morgan fingerprint density at radius 1 is 0.946 bits per heavy atom. The van der Waals surface area contributed by atoms with Crippen LogP contribution in [-0.4, -0.2) is 31.9 Å². The van der Waals surface area contributed by atoms with E-state index in [1.165, 1.54) is 6.21 Å². The highest BCUT2D eigenvalue weighted by Gasteiger charge is 2.14. The smallest absolute Gasteiger partial charge is 0.271 e. The zero-order valence-corrected chi connectivity index (χ0v) is 23.4. The molecule has 0 aromatic heterocycles. The van der Waals surface area contributed by atoms with Gasteiger partial charge in [0, 0.05) is 16.1 Å². The van der Waals surface area contributed by atoms with Crippen molar-refractivity contribution in [1.82, 2.24) is 5.43 Å². The molecule has 37 heavy (non-hydrogen) atoms. The van der Waals surface area contributed by atoms with Gasteiger partial charge < -0.3 is 18.9 Å². The highest BCUT2D eigenvalue weighted by molar-refractivity contribution is 9.10. The summed E-state index contributed by atoms with van der Waals surface area (Å²) >= 11 is 9.80. The van der Waals surface area contributed by atoms with E-state index in [1.54, 1.807) is 24.3 Å². The Morgan fingerprint density at radius 3 is 2.43 bits per heavy atom. The average molecular weight is 590 g/mol. The van der Waals surface area contributed by atoms with Gasteiger partial charge in [0.15, 0.2) is 23.0 Å². The molecule has 0 aliphatic rings. The molecule has 0 unspecified atom stereocenters. The first-order chi connectivity index (χ1) is 18.0. The minimum Gasteiger partial charge on any atom is -0.490 e. The highest BCUT2D eigenvalue weighted by atomic mass is 79.9. The maximum absolute atomic E-state index is 12.7. The predicted molar refractivity (Wildman–Crippen MR) is 150 cm³/mol. The summed E-state index contributed by atoms with van der Waals surface area (Å²) in [5, 5.41) is 4.74. The van der Waals surface area contributed by atoms with Crippen LogP contribution in [0.25, 0.3) is 0 Å². The second-order valence-electron chi connectivity index (χ2n) is 7.79. The molecule has 1 amide bonds. The van der Waals surface area contributed by atoms with Crippen LogP contribution in [0.5, 0.6) is 23.0 Å². The normalized spacial score (nSPS) is 10.8. The monoisotopic (exact) mass is 588 g/mol. The van der Waals surface area contributed by atoms with E-state index < -0.39 is 0 Å². The zero-order chi connectivity index (χ0) is 26.6. The van der Waals surface area contributed by atoms with E-state index in [0.29, 0.717) is 63.4 Å². The number of benzene rings is 3. The topological polar surface area (TPSA) is 78.4 Å². The Hall–Kier alpha value is -3.23. The van der Waals surface area contributed by atoms with Gasteiger partial charge in [-0.05, 0) is 78.2 Å². The van der Waals surface area contributed by atoms with E-state index in [9.17, 15) is 4.79 Å². The van der Waals surface area contributed by atoms with Gasteiger partial charge in [-0.15, -0.1) is 0 Å². The molecule has 0 bridgehead atoms. The van der Waals surface area contributed by atoms with Crippen LogP contribution in [0.1, 0.15) is 48.7 Å². The number of nitrogens with zero attached hydrogens (tertiary/aromatic N) is 1. The number of hydrazone groups is 1. The lowest BCUT2D eigenvalue weighted by Gasteiger charge is -2.15. The SMILES string of the molecule is CCCOc1ccc(C(=O)N/N=C/c2cc(Br)c(OCc3ccccc3Cl)c(OCC)c2)cc1OCC. The second-order valence-corrected chi connectivity index (χ2v) is 9.05. The average Bonchev–Trinajstić information content (AvgIpc) is 2.88. The van der Waals surface area contributed by atoms with Crippen LogP contribution in [0.3, 0.4) is 0 Å². The first-order valence-corrected chi connectivity index (χ1v) is 13.2. The molecule has 0 atom stereocenters. The summed E-state index contributed by atoms with van der Waals surface area (Å²) in [4.78, 5) is 12.7. The Bertz CT molecular complexity index is 1240. The number of amides is 1. The molecule has 0 aliphatic carbocycles. The van der Waals surface area contributed by atoms with E-state index in [-0.39, 0.29) is 12.5 Å². The van der Waals surface area contributed by atoms with Gasteiger partial charge in [-0.25, -0.2) is 5.43 Å². The van der Waals surface area contributed by atoms with Crippen molar-refractivity contribution in [3.05, 3.63) is 80.8 Å². The zero-order valence-electron chi connectivity index (χ0n) is 21.1. The summed E-state index contributed by atoms with van der Waals surface area (Å²) in [6.07, 6.45) is 2.41. The van der Waals surface area contributed by atoms with E-state index in [0.717, 1.165) is 12.0 Å². The number of carbonyl (C=O) groups excluding carboxylic acids is 1. The molecular weight excluding hydrogens is 560 g/mol. The Morgan fingerprint density at radius 2 is 1.70 bits per heavy atom. The van der Waals surface area contributed by atoms with E-state index in [2.05, 4.69) is 26.5 Å². The molecule has 3 rings (SSSR count). The molecule has 0 heterocycles. The molecule has 0 saturated heterocycles. The van der Waals surface area contributed by atoms with Crippen LogP contribution in [0.2, 0.25) is 5.02 Å². The molecule has 0 radical (unpaired) electrons. The minimum atomic E-state index is -0.372. The van der Waals surface area contributed by atoms with Crippen molar-refractivity contribution in [3.63, 3.8) is 0 Å². The van der Waals surface area contributed by atoms with E-state index in [1.807, 2.05) is 51.1 Å². The molecule has 0 aliphatic heterocycles. The van der Waals surface area contributed by atoms with Crippen LogP contribution in [0.4, 0.5) is 0 Å². The molecule has 0 fully saturated rings. The quantitative estimate of drug-likeness (QED) is 0.171. The third kappa shape index (κ3) is 8.13. The van der Waals surface area contributed by atoms with Gasteiger partial charge in [-0.3, -0.25) is 4.79 Å². The van der Waals surface area contributed by atoms with E-state index >= 15 is 0 Å². The van der Waals surface area contributed by atoms with Crippen molar-refractivity contribution in [2.75, 3.05) is 19.8 Å². The lowest BCUT2D eigenvalue weighted by molar-refractivity contribution is 0.0954. The Labute approximate surface area is 230 Å². The predicted octanol–water partition coefficient (Wildman–Crippen LogP) is 7.03. The van der Waals surface area contributed by atoms with Crippen LogP contribution < -0.4 is 24.4 Å². The van der Waals surface area contributed by atoms with Crippen molar-refractivity contribution < 1.29 is 23.7 Å².